The van der Waals surface area contributed by atoms with E-state index in [0.29, 0.717) is 17.1 Å². The van der Waals surface area contributed by atoms with E-state index in [4.69, 9.17) is 4.74 Å². The number of nitrogens with zero attached hydrogens (tertiary/aromatic N) is 3. The smallest absolute Gasteiger partial charge is 0.262 e. The zero-order valence-electron chi connectivity index (χ0n) is 10.9. The van der Waals surface area contributed by atoms with Gasteiger partial charge in [-0.25, -0.2) is 13.9 Å². The van der Waals surface area contributed by atoms with E-state index in [1.54, 1.807) is 23.0 Å². The number of aromatic nitrogens is 3. The molecule has 2 heterocycles. The molecule has 0 saturated carbocycles. The summed E-state index contributed by atoms with van der Waals surface area (Å²) >= 11 is 0. The topological polar surface area (TPSA) is 68.5 Å². The van der Waals surface area contributed by atoms with Gasteiger partial charge in [0.05, 0.1) is 24.3 Å². The van der Waals surface area contributed by atoms with Crippen LogP contribution < -0.4 is 10.1 Å². The lowest BCUT2D eigenvalue weighted by Gasteiger charge is -2.07. The molecular weight excluding hydrogens is 275 g/mol. The number of carbonyl (C=O) groups excluding carboxylic acids is 1. The number of rotatable bonds is 4. The molecule has 3 rings (SSSR count). The van der Waals surface area contributed by atoms with Gasteiger partial charge in [-0.3, -0.25) is 4.79 Å². The van der Waals surface area contributed by atoms with Gasteiger partial charge in [0.15, 0.2) is 12.3 Å². The van der Waals surface area contributed by atoms with Gasteiger partial charge in [0.1, 0.15) is 11.6 Å². The van der Waals surface area contributed by atoms with Crippen molar-refractivity contribution >= 4 is 17.2 Å². The van der Waals surface area contributed by atoms with Crippen molar-refractivity contribution in [3.8, 4) is 5.75 Å². The van der Waals surface area contributed by atoms with Gasteiger partial charge >= 0.3 is 0 Å². The van der Waals surface area contributed by atoms with Crippen molar-refractivity contribution in [2.24, 2.45) is 0 Å². The first-order valence-electron chi connectivity index (χ1n) is 6.18. The molecule has 3 aromatic rings. The summed E-state index contributed by atoms with van der Waals surface area (Å²) in [5.74, 6) is -0.273. The standard InChI is InChI=1S/C14H11FN4O2/c15-10-1-3-12(4-2-10)21-9-14(20)18-11-7-16-13-5-6-17-19(13)8-11/h1-8H,9H2,(H,18,20). The molecule has 6 nitrogen and oxygen atoms in total. The number of benzene rings is 1. The van der Waals surface area contributed by atoms with E-state index in [0.717, 1.165) is 0 Å². The minimum atomic E-state index is -0.356. The maximum absolute atomic E-state index is 12.7. The van der Waals surface area contributed by atoms with Gasteiger partial charge in [0, 0.05) is 6.07 Å². The molecule has 106 valence electrons. The molecule has 1 N–H and O–H groups in total. The Morgan fingerprint density at radius 1 is 1.29 bits per heavy atom. The molecule has 1 amide bonds. The molecule has 0 unspecified atom stereocenters. The molecule has 0 fully saturated rings. The van der Waals surface area contributed by atoms with E-state index in [1.807, 2.05) is 0 Å². The zero-order valence-corrected chi connectivity index (χ0v) is 10.9. The maximum atomic E-state index is 12.7. The van der Waals surface area contributed by atoms with Crippen molar-refractivity contribution in [3.63, 3.8) is 0 Å². The summed E-state index contributed by atoms with van der Waals surface area (Å²) in [6.45, 7) is -0.178. The van der Waals surface area contributed by atoms with Crippen LogP contribution in [0.4, 0.5) is 10.1 Å². The van der Waals surface area contributed by atoms with E-state index in [-0.39, 0.29) is 18.3 Å². The molecule has 0 aliphatic heterocycles. The summed E-state index contributed by atoms with van der Waals surface area (Å²) in [5, 5.41) is 6.67. The second kappa shape index (κ2) is 5.58. The Bertz CT molecular complexity index is 770. The van der Waals surface area contributed by atoms with E-state index < -0.39 is 0 Å². The zero-order chi connectivity index (χ0) is 14.7. The monoisotopic (exact) mass is 286 g/mol. The maximum Gasteiger partial charge on any atom is 0.262 e. The van der Waals surface area contributed by atoms with Crippen LogP contribution >= 0.6 is 0 Å². The van der Waals surface area contributed by atoms with Crippen LogP contribution in [0.15, 0.2) is 48.9 Å². The van der Waals surface area contributed by atoms with Crippen LogP contribution in [-0.4, -0.2) is 27.1 Å². The molecule has 0 atom stereocenters. The van der Waals surface area contributed by atoms with Crippen LogP contribution in [0.1, 0.15) is 0 Å². The SMILES string of the molecule is O=C(COc1ccc(F)cc1)Nc1cnc2ccnn2c1. The van der Waals surface area contributed by atoms with E-state index in [1.165, 1.54) is 30.5 Å². The first kappa shape index (κ1) is 13.0. The Morgan fingerprint density at radius 2 is 2.10 bits per heavy atom. The van der Waals surface area contributed by atoms with Crippen LogP contribution in [0.5, 0.6) is 5.75 Å². The van der Waals surface area contributed by atoms with Gasteiger partial charge in [-0.05, 0) is 24.3 Å². The van der Waals surface area contributed by atoms with Crippen LogP contribution in [0, 0.1) is 5.82 Å². The predicted octanol–water partition coefficient (Wildman–Crippen LogP) is 1.89. The van der Waals surface area contributed by atoms with Crippen molar-refractivity contribution in [2.45, 2.75) is 0 Å². The fourth-order valence-corrected chi connectivity index (χ4v) is 1.75. The minimum absolute atomic E-state index is 0.178. The van der Waals surface area contributed by atoms with Gasteiger partial charge < -0.3 is 10.1 Å². The number of ether oxygens (including phenoxy) is 1. The molecular formula is C14H11FN4O2. The van der Waals surface area contributed by atoms with Gasteiger partial charge in [0.25, 0.3) is 5.91 Å². The first-order valence-corrected chi connectivity index (χ1v) is 6.18. The van der Waals surface area contributed by atoms with Crippen LogP contribution in [-0.2, 0) is 4.79 Å². The molecule has 1 aromatic carbocycles. The van der Waals surface area contributed by atoms with Crippen molar-refractivity contribution in [3.05, 3.63) is 54.7 Å². The van der Waals surface area contributed by atoms with Crippen molar-refractivity contribution in [1.82, 2.24) is 14.6 Å². The van der Waals surface area contributed by atoms with Gasteiger partial charge in [-0.15, -0.1) is 0 Å². The van der Waals surface area contributed by atoms with Crippen molar-refractivity contribution in [1.29, 1.82) is 0 Å². The fourth-order valence-electron chi connectivity index (χ4n) is 1.75. The Morgan fingerprint density at radius 3 is 2.90 bits per heavy atom. The highest BCUT2D eigenvalue weighted by molar-refractivity contribution is 5.91. The van der Waals surface area contributed by atoms with Crippen LogP contribution in [0.25, 0.3) is 5.65 Å². The third-order valence-corrected chi connectivity index (χ3v) is 2.71. The first-order chi connectivity index (χ1) is 10.2. The van der Waals surface area contributed by atoms with Crippen LogP contribution in [0.2, 0.25) is 0 Å². The van der Waals surface area contributed by atoms with Crippen molar-refractivity contribution in [2.75, 3.05) is 11.9 Å². The highest BCUT2D eigenvalue weighted by Gasteiger charge is 2.05. The summed E-state index contributed by atoms with van der Waals surface area (Å²) in [4.78, 5) is 15.9. The van der Waals surface area contributed by atoms with E-state index in [9.17, 15) is 9.18 Å². The Labute approximate surface area is 119 Å². The summed E-state index contributed by atoms with van der Waals surface area (Å²) in [6, 6.07) is 7.20. The molecule has 7 heteroatoms. The highest BCUT2D eigenvalue weighted by atomic mass is 19.1. The van der Waals surface area contributed by atoms with E-state index >= 15 is 0 Å². The number of hydrogen-bond donors (Lipinski definition) is 1. The number of carbonyl (C=O) groups is 1. The highest BCUT2D eigenvalue weighted by Crippen LogP contribution is 2.11. The normalized spacial score (nSPS) is 10.5. The lowest BCUT2D eigenvalue weighted by Crippen LogP contribution is -2.20. The largest absolute Gasteiger partial charge is 0.484 e. The molecule has 0 spiro atoms. The second-order valence-electron chi connectivity index (χ2n) is 4.27. The molecule has 0 saturated heterocycles. The van der Waals surface area contributed by atoms with Gasteiger partial charge in [-0.1, -0.05) is 0 Å². The molecule has 2 aromatic heterocycles. The molecule has 0 bridgehead atoms. The number of anilines is 1. The fraction of sp³-hybridized carbons (Fsp3) is 0.0714. The third kappa shape index (κ3) is 3.14. The lowest BCUT2D eigenvalue weighted by molar-refractivity contribution is -0.118. The number of fused-ring (bicyclic) bond motifs is 1. The summed E-state index contributed by atoms with van der Waals surface area (Å²) in [7, 11) is 0. The summed E-state index contributed by atoms with van der Waals surface area (Å²) in [5.41, 5.74) is 1.20. The molecule has 0 aliphatic carbocycles. The lowest BCUT2D eigenvalue weighted by atomic mass is 10.3. The molecule has 0 radical (unpaired) electrons. The Hall–Kier alpha value is -2.96. The second-order valence-corrected chi connectivity index (χ2v) is 4.27. The summed E-state index contributed by atoms with van der Waals surface area (Å²) < 4.78 is 19.5. The Kier molecular flexibility index (Phi) is 3.46. The number of hydrogen-bond acceptors (Lipinski definition) is 4. The number of halogens is 1. The number of amides is 1. The average Bonchev–Trinajstić information content (AvgIpc) is 2.94. The Balaban J connectivity index is 1.59. The minimum Gasteiger partial charge on any atom is -0.484 e. The van der Waals surface area contributed by atoms with Gasteiger partial charge in [0.2, 0.25) is 0 Å². The van der Waals surface area contributed by atoms with E-state index in [2.05, 4.69) is 15.4 Å². The quantitative estimate of drug-likeness (QED) is 0.795. The van der Waals surface area contributed by atoms with Crippen LogP contribution in [0.3, 0.4) is 0 Å². The predicted molar refractivity (Wildman–Crippen MR) is 73.5 cm³/mol. The summed E-state index contributed by atoms with van der Waals surface area (Å²) in [6.07, 6.45) is 4.80. The molecule has 21 heavy (non-hydrogen) atoms. The van der Waals surface area contributed by atoms with Crippen molar-refractivity contribution < 1.29 is 13.9 Å². The number of nitrogens with one attached hydrogen (secondary N) is 1. The van der Waals surface area contributed by atoms with Gasteiger partial charge in [-0.2, -0.15) is 5.10 Å². The molecule has 0 aliphatic rings. The average molecular weight is 286 g/mol. The third-order valence-electron chi connectivity index (χ3n) is 2.71.